The van der Waals surface area contributed by atoms with Gasteiger partial charge in [-0.15, -0.1) is 0 Å². The van der Waals surface area contributed by atoms with E-state index in [1.807, 2.05) is 0 Å². The average Bonchev–Trinajstić information content (AvgIpc) is 2.48. The van der Waals surface area contributed by atoms with E-state index in [0.29, 0.717) is 5.84 Å². The van der Waals surface area contributed by atoms with Crippen LogP contribution in [-0.2, 0) is 6.54 Å². The SMILES string of the molecule is N=C(N)C1CCCN(Cc2cccc3ccccc23)C1. The van der Waals surface area contributed by atoms with E-state index in [1.54, 1.807) is 0 Å². The molecule has 3 rings (SSSR count). The van der Waals surface area contributed by atoms with Gasteiger partial charge in [-0.05, 0) is 35.7 Å². The minimum atomic E-state index is 0.235. The van der Waals surface area contributed by atoms with Gasteiger partial charge in [0.2, 0.25) is 0 Å². The number of hydrogen-bond donors (Lipinski definition) is 2. The highest BCUT2D eigenvalue weighted by molar-refractivity contribution is 5.85. The molecular formula is C17H21N3. The van der Waals surface area contributed by atoms with Gasteiger partial charge in [0.25, 0.3) is 0 Å². The van der Waals surface area contributed by atoms with Crippen molar-refractivity contribution in [2.45, 2.75) is 19.4 Å². The Kier molecular flexibility index (Phi) is 3.70. The largest absolute Gasteiger partial charge is 0.387 e. The Hall–Kier alpha value is -1.87. The molecule has 1 aliphatic heterocycles. The fourth-order valence-electron chi connectivity index (χ4n) is 3.12. The molecule has 0 amide bonds. The highest BCUT2D eigenvalue weighted by atomic mass is 15.1. The highest BCUT2D eigenvalue weighted by Gasteiger charge is 2.22. The molecule has 1 saturated heterocycles. The molecule has 3 heteroatoms. The van der Waals surface area contributed by atoms with Crippen LogP contribution in [0.15, 0.2) is 42.5 Å². The lowest BCUT2D eigenvalue weighted by Gasteiger charge is -2.32. The van der Waals surface area contributed by atoms with E-state index in [0.717, 1.165) is 32.5 Å². The summed E-state index contributed by atoms with van der Waals surface area (Å²) in [5, 5.41) is 10.3. The van der Waals surface area contributed by atoms with E-state index < -0.39 is 0 Å². The first-order valence-corrected chi connectivity index (χ1v) is 7.27. The number of piperidine rings is 1. The standard InChI is InChI=1S/C17H21N3/c18-17(19)15-8-4-10-20(12-15)11-14-7-3-6-13-5-1-2-9-16(13)14/h1-3,5-7,9,15H,4,8,10-12H2,(H3,18,19). The molecule has 1 heterocycles. The molecular weight excluding hydrogens is 246 g/mol. The Labute approximate surface area is 119 Å². The predicted octanol–water partition coefficient (Wildman–Crippen LogP) is 2.99. The monoisotopic (exact) mass is 267 g/mol. The lowest BCUT2D eigenvalue weighted by Crippen LogP contribution is -2.40. The van der Waals surface area contributed by atoms with E-state index in [9.17, 15) is 0 Å². The lowest BCUT2D eigenvalue weighted by atomic mass is 9.96. The Morgan fingerprint density at radius 2 is 2.00 bits per heavy atom. The van der Waals surface area contributed by atoms with Gasteiger partial charge in [0.05, 0.1) is 5.84 Å². The molecule has 0 aromatic heterocycles. The summed E-state index contributed by atoms with van der Waals surface area (Å²) in [4.78, 5) is 2.43. The molecule has 0 spiro atoms. The fourth-order valence-corrected chi connectivity index (χ4v) is 3.12. The second kappa shape index (κ2) is 5.63. The van der Waals surface area contributed by atoms with Gasteiger partial charge in [0.15, 0.2) is 0 Å². The third-order valence-corrected chi connectivity index (χ3v) is 4.22. The molecule has 1 aliphatic rings. The zero-order valence-electron chi connectivity index (χ0n) is 11.7. The third kappa shape index (κ3) is 2.68. The predicted molar refractivity (Wildman–Crippen MR) is 83.9 cm³/mol. The Morgan fingerprint density at radius 3 is 2.85 bits per heavy atom. The van der Waals surface area contributed by atoms with Gasteiger partial charge in [-0.25, -0.2) is 0 Å². The van der Waals surface area contributed by atoms with Gasteiger partial charge in [-0.3, -0.25) is 10.3 Å². The number of rotatable bonds is 3. The third-order valence-electron chi connectivity index (χ3n) is 4.22. The number of nitrogens with two attached hydrogens (primary N) is 1. The van der Waals surface area contributed by atoms with Crippen LogP contribution in [0, 0.1) is 11.3 Å². The van der Waals surface area contributed by atoms with Gasteiger partial charge in [0, 0.05) is 19.0 Å². The molecule has 3 nitrogen and oxygen atoms in total. The topological polar surface area (TPSA) is 53.1 Å². The summed E-state index contributed by atoms with van der Waals surface area (Å²) >= 11 is 0. The molecule has 1 fully saturated rings. The van der Waals surface area contributed by atoms with Gasteiger partial charge in [-0.1, -0.05) is 42.5 Å². The number of fused-ring (bicyclic) bond motifs is 1. The molecule has 104 valence electrons. The van der Waals surface area contributed by atoms with Crippen LogP contribution in [0.3, 0.4) is 0 Å². The summed E-state index contributed by atoms with van der Waals surface area (Å²) in [5.74, 6) is 0.575. The van der Waals surface area contributed by atoms with Gasteiger partial charge >= 0.3 is 0 Å². The summed E-state index contributed by atoms with van der Waals surface area (Å²) in [7, 11) is 0. The second-order valence-electron chi connectivity index (χ2n) is 5.67. The maximum absolute atomic E-state index is 7.64. The van der Waals surface area contributed by atoms with Gasteiger partial charge in [-0.2, -0.15) is 0 Å². The van der Waals surface area contributed by atoms with E-state index in [1.165, 1.54) is 16.3 Å². The Bertz CT molecular complexity index is 615. The molecule has 2 aromatic carbocycles. The van der Waals surface area contributed by atoms with Crippen LogP contribution >= 0.6 is 0 Å². The van der Waals surface area contributed by atoms with E-state index in [4.69, 9.17) is 11.1 Å². The van der Waals surface area contributed by atoms with Crippen LogP contribution in [0.4, 0.5) is 0 Å². The Balaban J connectivity index is 1.81. The summed E-state index contributed by atoms with van der Waals surface area (Å²) in [5.41, 5.74) is 7.04. The number of nitrogens with zero attached hydrogens (tertiary/aromatic N) is 1. The molecule has 0 radical (unpaired) electrons. The second-order valence-corrected chi connectivity index (χ2v) is 5.67. The van der Waals surface area contributed by atoms with Crippen LogP contribution in [0.5, 0.6) is 0 Å². The lowest BCUT2D eigenvalue weighted by molar-refractivity contribution is 0.196. The maximum atomic E-state index is 7.64. The quantitative estimate of drug-likeness (QED) is 0.663. The number of benzene rings is 2. The molecule has 20 heavy (non-hydrogen) atoms. The van der Waals surface area contributed by atoms with E-state index in [-0.39, 0.29) is 5.92 Å². The molecule has 0 saturated carbocycles. The minimum absolute atomic E-state index is 0.235. The van der Waals surface area contributed by atoms with Crippen LogP contribution in [0.2, 0.25) is 0 Å². The van der Waals surface area contributed by atoms with Crippen molar-refractivity contribution in [2.75, 3.05) is 13.1 Å². The van der Waals surface area contributed by atoms with Crippen molar-refractivity contribution < 1.29 is 0 Å². The first-order valence-electron chi connectivity index (χ1n) is 7.27. The number of likely N-dealkylation sites (tertiary alicyclic amines) is 1. The number of amidine groups is 1. The molecule has 3 N–H and O–H groups in total. The molecule has 2 aromatic rings. The Morgan fingerprint density at radius 1 is 1.20 bits per heavy atom. The zero-order valence-corrected chi connectivity index (χ0v) is 11.7. The summed E-state index contributed by atoms with van der Waals surface area (Å²) < 4.78 is 0. The summed E-state index contributed by atoms with van der Waals surface area (Å²) in [6.07, 6.45) is 2.19. The van der Waals surface area contributed by atoms with Crippen LogP contribution in [-0.4, -0.2) is 23.8 Å². The number of nitrogens with one attached hydrogen (secondary N) is 1. The smallest absolute Gasteiger partial charge is 0.0949 e. The van der Waals surface area contributed by atoms with Crippen LogP contribution in [0.1, 0.15) is 18.4 Å². The van der Waals surface area contributed by atoms with Gasteiger partial charge < -0.3 is 5.73 Å². The van der Waals surface area contributed by atoms with Crippen molar-refractivity contribution in [2.24, 2.45) is 11.7 Å². The van der Waals surface area contributed by atoms with E-state index in [2.05, 4.69) is 47.4 Å². The highest BCUT2D eigenvalue weighted by Crippen LogP contribution is 2.23. The molecule has 1 unspecified atom stereocenters. The van der Waals surface area contributed by atoms with Crippen LogP contribution < -0.4 is 5.73 Å². The zero-order chi connectivity index (χ0) is 13.9. The fraction of sp³-hybridized carbons (Fsp3) is 0.353. The summed E-state index contributed by atoms with van der Waals surface area (Å²) in [6, 6.07) is 15.0. The number of hydrogen-bond acceptors (Lipinski definition) is 2. The minimum Gasteiger partial charge on any atom is -0.387 e. The van der Waals surface area contributed by atoms with E-state index >= 15 is 0 Å². The first-order chi connectivity index (χ1) is 9.74. The van der Waals surface area contributed by atoms with Crippen LogP contribution in [0.25, 0.3) is 10.8 Å². The molecule has 0 aliphatic carbocycles. The molecule has 1 atom stereocenters. The van der Waals surface area contributed by atoms with Gasteiger partial charge in [0.1, 0.15) is 0 Å². The normalized spacial score (nSPS) is 20.1. The van der Waals surface area contributed by atoms with Crippen molar-refractivity contribution in [3.8, 4) is 0 Å². The summed E-state index contributed by atoms with van der Waals surface area (Å²) in [6.45, 7) is 2.97. The van der Waals surface area contributed by atoms with Crippen molar-refractivity contribution >= 4 is 16.6 Å². The average molecular weight is 267 g/mol. The first kappa shape index (κ1) is 13.1. The van der Waals surface area contributed by atoms with Crippen molar-refractivity contribution in [1.82, 2.24) is 4.90 Å². The van der Waals surface area contributed by atoms with Crippen molar-refractivity contribution in [3.63, 3.8) is 0 Å². The maximum Gasteiger partial charge on any atom is 0.0949 e. The molecule has 0 bridgehead atoms. The van der Waals surface area contributed by atoms with Crippen molar-refractivity contribution in [3.05, 3.63) is 48.0 Å². The van der Waals surface area contributed by atoms with Crippen molar-refractivity contribution in [1.29, 1.82) is 5.41 Å².